The molecule has 24 heavy (non-hydrogen) atoms. The molecule has 5 heteroatoms. The molecule has 1 saturated carbocycles. The second-order valence-electron chi connectivity index (χ2n) is 7.33. The van der Waals surface area contributed by atoms with Gasteiger partial charge in [0, 0.05) is 32.6 Å². The van der Waals surface area contributed by atoms with Gasteiger partial charge < -0.3 is 9.64 Å². The molecule has 2 aliphatic heterocycles. The molecule has 0 aromatic carbocycles. The van der Waals surface area contributed by atoms with Crippen LogP contribution in [0.5, 0.6) is 0 Å². The highest BCUT2D eigenvalue weighted by Gasteiger charge is 2.34. The van der Waals surface area contributed by atoms with Crippen molar-refractivity contribution in [1.82, 2.24) is 14.8 Å². The molecule has 1 amide bonds. The van der Waals surface area contributed by atoms with E-state index >= 15 is 0 Å². The molecular weight excluding hydrogens is 302 g/mol. The molecule has 1 aromatic heterocycles. The molecule has 1 atom stereocenters. The third-order valence-electron chi connectivity index (χ3n) is 5.39. The molecule has 2 saturated heterocycles. The second-order valence-corrected chi connectivity index (χ2v) is 7.33. The Morgan fingerprint density at radius 2 is 2.00 bits per heavy atom. The minimum Gasteiger partial charge on any atom is -0.379 e. The number of amides is 1. The van der Waals surface area contributed by atoms with E-state index in [-0.39, 0.29) is 6.04 Å². The van der Waals surface area contributed by atoms with Crippen molar-refractivity contribution in [2.45, 2.75) is 44.7 Å². The number of pyridine rings is 1. The first-order valence-electron chi connectivity index (χ1n) is 9.35. The number of ether oxygens (including phenoxy) is 1. The second kappa shape index (κ2) is 7.19. The Balaban J connectivity index is 1.44. The molecule has 0 N–H and O–H groups in total. The highest BCUT2D eigenvalue weighted by Crippen LogP contribution is 2.36. The molecule has 3 heterocycles. The molecule has 0 bridgehead atoms. The molecule has 0 spiro atoms. The van der Waals surface area contributed by atoms with Crippen LogP contribution in [0.25, 0.3) is 0 Å². The van der Waals surface area contributed by atoms with E-state index in [9.17, 15) is 4.79 Å². The summed E-state index contributed by atoms with van der Waals surface area (Å²) in [5, 5.41) is 0. The molecule has 1 aromatic rings. The number of hydrogen-bond acceptors (Lipinski definition) is 4. The predicted molar refractivity (Wildman–Crippen MR) is 91.4 cm³/mol. The summed E-state index contributed by atoms with van der Waals surface area (Å²) >= 11 is 0. The van der Waals surface area contributed by atoms with Gasteiger partial charge in [-0.25, -0.2) is 0 Å². The first-order valence-corrected chi connectivity index (χ1v) is 9.35. The minimum absolute atomic E-state index is 0.181. The first-order chi connectivity index (χ1) is 11.8. The highest BCUT2D eigenvalue weighted by atomic mass is 16.5. The molecule has 0 unspecified atom stereocenters. The third kappa shape index (κ3) is 3.78. The fourth-order valence-electron chi connectivity index (χ4n) is 3.82. The average molecular weight is 329 g/mol. The lowest BCUT2D eigenvalue weighted by Crippen LogP contribution is -2.36. The van der Waals surface area contributed by atoms with E-state index < -0.39 is 0 Å². The summed E-state index contributed by atoms with van der Waals surface area (Å²) in [4.78, 5) is 21.9. The number of morpholine rings is 1. The van der Waals surface area contributed by atoms with Crippen molar-refractivity contribution in [2.75, 3.05) is 32.8 Å². The molecule has 4 rings (SSSR count). The van der Waals surface area contributed by atoms with E-state index in [2.05, 4.69) is 28.0 Å². The van der Waals surface area contributed by atoms with Crippen LogP contribution in [0.4, 0.5) is 0 Å². The van der Waals surface area contributed by atoms with Gasteiger partial charge in [-0.15, -0.1) is 0 Å². The van der Waals surface area contributed by atoms with E-state index in [1.165, 1.54) is 12.8 Å². The van der Waals surface area contributed by atoms with Crippen LogP contribution in [-0.4, -0.2) is 53.5 Å². The van der Waals surface area contributed by atoms with Crippen LogP contribution < -0.4 is 0 Å². The number of likely N-dealkylation sites (tertiary alicyclic amines) is 1. The lowest BCUT2D eigenvalue weighted by molar-refractivity contribution is -0.132. The lowest BCUT2D eigenvalue weighted by Gasteiger charge is -2.27. The zero-order valence-corrected chi connectivity index (χ0v) is 14.3. The topological polar surface area (TPSA) is 45.7 Å². The maximum Gasteiger partial charge on any atom is 0.223 e. The van der Waals surface area contributed by atoms with E-state index in [0.29, 0.717) is 11.8 Å². The van der Waals surface area contributed by atoms with Gasteiger partial charge in [-0.1, -0.05) is 6.07 Å². The molecule has 1 aliphatic carbocycles. The highest BCUT2D eigenvalue weighted by molar-refractivity contribution is 5.77. The quantitative estimate of drug-likeness (QED) is 0.832. The Kier molecular flexibility index (Phi) is 4.81. The van der Waals surface area contributed by atoms with Crippen LogP contribution in [0.15, 0.2) is 18.2 Å². The van der Waals surface area contributed by atoms with Crippen molar-refractivity contribution in [3.05, 3.63) is 29.6 Å². The molecular formula is C19H27N3O2. The smallest absolute Gasteiger partial charge is 0.223 e. The Morgan fingerprint density at radius 1 is 1.17 bits per heavy atom. The van der Waals surface area contributed by atoms with Crippen LogP contribution >= 0.6 is 0 Å². The van der Waals surface area contributed by atoms with E-state index in [4.69, 9.17) is 9.72 Å². The van der Waals surface area contributed by atoms with Gasteiger partial charge in [-0.2, -0.15) is 0 Å². The number of rotatable bonds is 5. The van der Waals surface area contributed by atoms with Gasteiger partial charge in [0.2, 0.25) is 5.91 Å². The van der Waals surface area contributed by atoms with Crippen molar-refractivity contribution in [2.24, 2.45) is 5.92 Å². The van der Waals surface area contributed by atoms with Gasteiger partial charge in [0.05, 0.1) is 30.6 Å². The largest absolute Gasteiger partial charge is 0.379 e. The molecule has 130 valence electrons. The van der Waals surface area contributed by atoms with Crippen LogP contribution in [0.1, 0.15) is 49.5 Å². The zero-order chi connectivity index (χ0) is 16.4. The normalized spacial score (nSPS) is 25.2. The van der Waals surface area contributed by atoms with Crippen LogP contribution in [0.3, 0.4) is 0 Å². The number of hydrogen-bond donors (Lipinski definition) is 0. The van der Waals surface area contributed by atoms with Gasteiger partial charge >= 0.3 is 0 Å². The van der Waals surface area contributed by atoms with E-state index in [1.54, 1.807) is 0 Å². The summed E-state index contributed by atoms with van der Waals surface area (Å²) < 4.78 is 5.41. The van der Waals surface area contributed by atoms with Gasteiger partial charge in [-0.3, -0.25) is 14.7 Å². The predicted octanol–water partition coefficient (Wildman–Crippen LogP) is 2.38. The molecule has 5 nitrogen and oxygen atoms in total. The Labute approximate surface area is 144 Å². The molecule has 0 radical (unpaired) electrons. The van der Waals surface area contributed by atoms with Crippen molar-refractivity contribution in [3.8, 4) is 0 Å². The number of carbonyl (C=O) groups excluding carboxylic acids is 1. The third-order valence-corrected chi connectivity index (χ3v) is 5.39. The average Bonchev–Trinajstić information content (AvgIpc) is 3.27. The van der Waals surface area contributed by atoms with Gasteiger partial charge in [0.1, 0.15) is 0 Å². The first kappa shape index (κ1) is 16.0. The van der Waals surface area contributed by atoms with Crippen molar-refractivity contribution >= 4 is 5.91 Å². The monoisotopic (exact) mass is 329 g/mol. The maximum atomic E-state index is 12.6. The van der Waals surface area contributed by atoms with Gasteiger partial charge in [0.15, 0.2) is 0 Å². The fraction of sp³-hybridized carbons (Fsp3) is 0.684. The Bertz CT molecular complexity index is 582. The van der Waals surface area contributed by atoms with Crippen LogP contribution in [0, 0.1) is 5.92 Å². The lowest BCUT2D eigenvalue weighted by atomic mass is 10.1. The number of nitrogens with zero attached hydrogens (tertiary/aromatic N) is 3. The minimum atomic E-state index is 0.181. The van der Waals surface area contributed by atoms with Crippen molar-refractivity contribution < 1.29 is 9.53 Å². The van der Waals surface area contributed by atoms with Gasteiger partial charge in [-0.05, 0) is 43.7 Å². The fourth-order valence-corrected chi connectivity index (χ4v) is 3.82. The summed E-state index contributed by atoms with van der Waals surface area (Å²) in [6.07, 6.45) is 5.35. The Morgan fingerprint density at radius 3 is 2.79 bits per heavy atom. The van der Waals surface area contributed by atoms with E-state index in [1.807, 2.05) is 0 Å². The van der Waals surface area contributed by atoms with Crippen LogP contribution in [-0.2, 0) is 16.1 Å². The SMILES string of the molecule is O=C(CC1CC1)N1CCC[C@@H]1c1cccc(CN2CCOCC2)n1. The Hall–Kier alpha value is -1.46. The van der Waals surface area contributed by atoms with Crippen molar-refractivity contribution in [1.29, 1.82) is 0 Å². The summed E-state index contributed by atoms with van der Waals surface area (Å²) in [5.74, 6) is 0.986. The van der Waals surface area contributed by atoms with Gasteiger partial charge in [0.25, 0.3) is 0 Å². The van der Waals surface area contributed by atoms with Crippen LogP contribution in [0.2, 0.25) is 0 Å². The number of carbonyl (C=O) groups is 1. The van der Waals surface area contributed by atoms with E-state index in [0.717, 1.165) is 70.0 Å². The maximum absolute atomic E-state index is 12.6. The summed E-state index contributed by atoms with van der Waals surface area (Å²) in [5.41, 5.74) is 2.18. The zero-order valence-electron chi connectivity index (χ0n) is 14.3. The summed E-state index contributed by atoms with van der Waals surface area (Å²) in [6.45, 7) is 5.34. The molecule has 3 aliphatic rings. The summed E-state index contributed by atoms with van der Waals surface area (Å²) in [7, 11) is 0. The molecule has 3 fully saturated rings. The number of aromatic nitrogens is 1. The van der Waals surface area contributed by atoms with Crippen molar-refractivity contribution in [3.63, 3.8) is 0 Å². The summed E-state index contributed by atoms with van der Waals surface area (Å²) in [6, 6.07) is 6.47. The standard InChI is InChI=1S/C19H27N3O2/c23-19(13-15-6-7-15)22-8-2-5-18(22)17-4-1-3-16(20-17)14-21-9-11-24-12-10-21/h1,3-4,15,18H,2,5-14H2/t18-/m1/s1.